The lowest BCUT2D eigenvalue weighted by Gasteiger charge is -2.27. The fourth-order valence-electron chi connectivity index (χ4n) is 4.91. The van der Waals surface area contributed by atoms with Crippen LogP contribution in [0.15, 0.2) is 23.3 Å². The molecule has 5 nitrogen and oxygen atoms in total. The van der Waals surface area contributed by atoms with Gasteiger partial charge in [0.2, 0.25) is 0 Å². The molecule has 2 saturated heterocycles. The Kier molecular flexibility index (Phi) is 10.2. The minimum Gasteiger partial charge on any atom is -0.377 e. The Morgan fingerprint density at radius 2 is 1.84 bits per heavy atom. The van der Waals surface area contributed by atoms with E-state index in [4.69, 9.17) is 9.47 Å². The molecule has 0 saturated carbocycles. The van der Waals surface area contributed by atoms with Crippen LogP contribution in [0.3, 0.4) is 0 Å². The van der Waals surface area contributed by atoms with E-state index in [9.17, 15) is 10.0 Å². The number of hydrogen-bond donors (Lipinski definition) is 1. The number of nitrogens with zero attached hydrogens (tertiary/aromatic N) is 1. The van der Waals surface area contributed by atoms with Gasteiger partial charge in [0.25, 0.3) is 5.91 Å². The summed E-state index contributed by atoms with van der Waals surface area (Å²) in [4.78, 5) is 12.0. The van der Waals surface area contributed by atoms with Gasteiger partial charge in [-0.25, -0.2) is 5.06 Å². The Morgan fingerprint density at radius 3 is 2.48 bits per heavy atom. The highest BCUT2D eigenvalue weighted by Gasteiger charge is 2.48. The van der Waals surface area contributed by atoms with Crippen LogP contribution in [0.1, 0.15) is 86.0 Å². The maximum Gasteiger partial charge on any atom is 0.251 e. The third kappa shape index (κ3) is 7.44. The van der Waals surface area contributed by atoms with E-state index in [0.29, 0.717) is 29.1 Å². The van der Waals surface area contributed by atoms with Gasteiger partial charge in [-0.1, -0.05) is 44.9 Å². The Labute approximate surface area is 189 Å². The molecule has 178 valence electrons. The van der Waals surface area contributed by atoms with Gasteiger partial charge in [-0.2, -0.15) is 0 Å². The largest absolute Gasteiger partial charge is 0.377 e. The lowest BCUT2D eigenvalue weighted by Crippen LogP contribution is -2.36. The molecule has 1 N–H and O–H groups in total. The van der Waals surface area contributed by atoms with Crippen LogP contribution in [0.5, 0.6) is 0 Å². The summed E-state index contributed by atoms with van der Waals surface area (Å²) >= 11 is 0. The maximum absolute atomic E-state index is 12.0. The number of carbonyl (C=O) groups is 1. The van der Waals surface area contributed by atoms with Gasteiger partial charge in [-0.05, 0) is 70.3 Å². The third-order valence-corrected chi connectivity index (χ3v) is 7.24. The van der Waals surface area contributed by atoms with Crippen LogP contribution in [0.2, 0.25) is 0 Å². The van der Waals surface area contributed by atoms with E-state index < -0.39 is 5.41 Å². The molecule has 0 aromatic carbocycles. The summed E-state index contributed by atoms with van der Waals surface area (Å²) in [5, 5.41) is 10.1. The Morgan fingerprint density at radius 1 is 1.16 bits per heavy atom. The van der Waals surface area contributed by atoms with Gasteiger partial charge >= 0.3 is 0 Å². The monoisotopic (exact) mass is 435 g/mol. The highest BCUT2D eigenvalue weighted by Crippen LogP contribution is 2.45. The van der Waals surface area contributed by atoms with Crippen LogP contribution >= 0.6 is 0 Å². The number of carbonyl (C=O) groups excluding carboxylic acids is 1. The summed E-state index contributed by atoms with van der Waals surface area (Å²) in [5.41, 5.74) is 2.29. The summed E-state index contributed by atoms with van der Waals surface area (Å²) in [5.74, 6) is 0.765. The first kappa shape index (κ1) is 26.1. The molecule has 0 spiro atoms. The van der Waals surface area contributed by atoms with E-state index in [1.807, 2.05) is 13.8 Å². The van der Waals surface area contributed by atoms with Gasteiger partial charge in [0.15, 0.2) is 0 Å². The fraction of sp³-hybridized carbons (Fsp3) is 0.808. The first-order valence-electron chi connectivity index (χ1n) is 12.2. The highest BCUT2D eigenvalue weighted by molar-refractivity contribution is 5.80. The molecule has 2 rings (SSSR count). The molecule has 1 amide bonds. The molecule has 2 bridgehead atoms. The number of allylic oxidation sites excluding steroid dienone is 3. The van der Waals surface area contributed by atoms with Crippen molar-refractivity contribution in [2.75, 3.05) is 20.3 Å². The second kappa shape index (κ2) is 12.2. The summed E-state index contributed by atoms with van der Waals surface area (Å²) in [6.45, 7) is 11.9. The van der Waals surface area contributed by atoms with Crippen LogP contribution in [-0.2, 0) is 14.3 Å². The molecular formula is C26H45NO4. The number of amides is 1. The zero-order valence-corrected chi connectivity index (χ0v) is 20.7. The molecule has 0 aromatic heterocycles. The van der Waals surface area contributed by atoms with Gasteiger partial charge in [0, 0.05) is 18.4 Å². The first-order chi connectivity index (χ1) is 14.7. The van der Waals surface area contributed by atoms with Crippen molar-refractivity contribution < 1.29 is 19.5 Å². The van der Waals surface area contributed by atoms with Gasteiger partial charge in [-0.3, -0.25) is 10.0 Å². The van der Waals surface area contributed by atoms with Gasteiger partial charge in [0.05, 0.1) is 25.4 Å². The van der Waals surface area contributed by atoms with E-state index in [2.05, 4.69) is 32.9 Å². The van der Waals surface area contributed by atoms with E-state index in [0.717, 1.165) is 38.9 Å². The zero-order valence-electron chi connectivity index (χ0n) is 20.7. The van der Waals surface area contributed by atoms with E-state index >= 15 is 0 Å². The van der Waals surface area contributed by atoms with Crippen molar-refractivity contribution in [3.63, 3.8) is 0 Å². The third-order valence-electron chi connectivity index (χ3n) is 7.24. The number of rotatable bonds is 13. The predicted molar refractivity (Wildman–Crippen MR) is 125 cm³/mol. The van der Waals surface area contributed by atoms with Gasteiger partial charge < -0.3 is 9.47 Å². The van der Waals surface area contributed by atoms with Gasteiger partial charge in [-0.15, -0.1) is 0 Å². The number of hydrogen-bond acceptors (Lipinski definition) is 4. The minimum atomic E-state index is -0.555. The van der Waals surface area contributed by atoms with Crippen LogP contribution in [0.4, 0.5) is 0 Å². The average Bonchev–Trinajstić information content (AvgIpc) is 3.33. The van der Waals surface area contributed by atoms with Crippen LogP contribution in [0.25, 0.3) is 0 Å². The standard InChI is InChI=1S/C26H45NO4/c1-7-8-12-19(2)20(3)17-30-18-22-21(23-14-15-24(22)31-23)13-10-9-11-16-26(4,5)25(28)27(6)29/h9-10,21-24,29H,7-8,11-18H2,1-6H3/b10-9-,20-19?/t21-,22+,23-,24+/m0/s1. The van der Waals surface area contributed by atoms with Crippen molar-refractivity contribution in [3.05, 3.63) is 23.3 Å². The normalized spacial score (nSPS) is 26.5. The second-order valence-electron chi connectivity index (χ2n) is 10.3. The molecular weight excluding hydrogens is 390 g/mol. The smallest absolute Gasteiger partial charge is 0.251 e. The molecule has 0 radical (unpaired) electrons. The van der Waals surface area contributed by atoms with Crippen molar-refractivity contribution in [2.45, 2.75) is 98.2 Å². The molecule has 2 fully saturated rings. The van der Waals surface area contributed by atoms with Crippen molar-refractivity contribution in [1.29, 1.82) is 0 Å². The maximum atomic E-state index is 12.0. The second-order valence-corrected chi connectivity index (χ2v) is 10.3. The molecule has 0 unspecified atom stereocenters. The number of fused-ring (bicyclic) bond motifs is 2. The van der Waals surface area contributed by atoms with Crippen molar-refractivity contribution in [2.24, 2.45) is 17.3 Å². The minimum absolute atomic E-state index is 0.242. The molecule has 0 aromatic rings. The highest BCUT2D eigenvalue weighted by atomic mass is 16.5. The molecule has 2 heterocycles. The average molecular weight is 436 g/mol. The van der Waals surface area contributed by atoms with Crippen molar-refractivity contribution >= 4 is 5.91 Å². The van der Waals surface area contributed by atoms with Crippen LogP contribution < -0.4 is 0 Å². The van der Waals surface area contributed by atoms with E-state index in [1.54, 1.807) is 0 Å². The Balaban J connectivity index is 1.80. The summed E-state index contributed by atoms with van der Waals surface area (Å²) in [6.07, 6.45) is 13.7. The lowest BCUT2D eigenvalue weighted by atomic mass is 9.78. The fourth-order valence-corrected chi connectivity index (χ4v) is 4.91. The predicted octanol–water partition coefficient (Wildman–Crippen LogP) is 5.92. The first-order valence-corrected chi connectivity index (χ1v) is 12.2. The number of hydroxylamine groups is 2. The zero-order chi connectivity index (χ0) is 23.0. The molecule has 0 aliphatic carbocycles. The van der Waals surface area contributed by atoms with Crippen LogP contribution in [0, 0.1) is 17.3 Å². The van der Waals surface area contributed by atoms with Crippen LogP contribution in [-0.4, -0.2) is 48.6 Å². The quantitative estimate of drug-likeness (QED) is 0.221. The number of unbranched alkanes of at least 4 members (excludes halogenated alkanes) is 1. The molecule has 2 aliphatic rings. The lowest BCUT2D eigenvalue weighted by molar-refractivity contribution is -0.169. The summed E-state index contributed by atoms with van der Waals surface area (Å²) < 4.78 is 12.4. The topological polar surface area (TPSA) is 59.0 Å². The molecule has 4 atom stereocenters. The van der Waals surface area contributed by atoms with E-state index in [-0.39, 0.29) is 5.91 Å². The Hall–Kier alpha value is -1.17. The molecule has 31 heavy (non-hydrogen) atoms. The summed E-state index contributed by atoms with van der Waals surface area (Å²) in [7, 11) is 1.39. The van der Waals surface area contributed by atoms with Gasteiger partial charge in [0.1, 0.15) is 0 Å². The van der Waals surface area contributed by atoms with Crippen molar-refractivity contribution in [1.82, 2.24) is 5.06 Å². The van der Waals surface area contributed by atoms with Crippen molar-refractivity contribution in [3.8, 4) is 0 Å². The Bertz CT molecular complexity index is 637. The molecule has 2 aliphatic heterocycles. The SMILES string of the molecule is CCCCC(C)=C(C)COC[C@@H]1[C@H](C/C=C\CCC(C)(C)C(=O)N(C)O)[C@@H]2CC[C@H]1O2. The molecule has 5 heteroatoms. The summed E-state index contributed by atoms with van der Waals surface area (Å²) in [6, 6.07) is 0. The van der Waals surface area contributed by atoms with E-state index in [1.165, 1.54) is 43.9 Å². The number of ether oxygens (including phenoxy) is 2.